The van der Waals surface area contributed by atoms with Gasteiger partial charge in [-0.3, -0.25) is 4.79 Å². The average molecular weight is 330 g/mol. The van der Waals surface area contributed by atoms with Crippen LogP contribution < -0.4 is 0 Å². The van der Waals surface area contributed by atoms with Crippen LogP contribution in [0, 0.1) is 11.7 Å². The predicted octanol–water partition coefficient (Wildman–Crippen LogP) is 3.86. The Hall–Kier alpha value is -2.17. The van der Waals surface area contributed by atoms with Gasteiger partial charge in [-0.25, -0.2) is 4.39 Å². The molecule has 24 heavy (non-hydrogen) atoms. The Morgan fingerprint density at radius 2 is 2.17 bits per heavy atom. The van der Waals surface area contributed by atoms with Gasteiger partial charge in [-0.05, 0) is 49.3 Å². The maximum absolute atomic E-state index is 13.0. The molecule has 1 fully saturated rings. The van der Waals surface area contributed by atoms with Gasteiger partial charge >= 0.3 is 0 Å². The summed E-state index contributed by atoms with van der Waals surface area (Å²) in [7, 11) is 0. The van der Waals surface area contributed by atoms with Crippen molar-refractivity contribution in [3.63, 3.8) is 0 Å². The summed E-state index contributed by atoms with van der Waals surface area (Å²) in [4.78, 5) is 14.4. The van der Waals surface area contributed by atoms with E-state index in [0.29, 0.717) is 11.6 Å². The van der Waals surface area contributed by atoms with E-state index in [2.05, 4.69) is 5.16 Å². The van der Waals surface area contributed by atoms with Crippen molar-refractivity contribution in [2.24, 2.45) is 5.92 Å². The van der Waals surface area contributed by atoms with Crippen LogP contribution in [0.4, 0.5) is 4.39 Å². The van der Waals surface area contributed by atoms with Crippen LogP contribution in [0.25, 0.3) is 0 Å². The van der Waals surface area contributed by atoms with Gasteiger partial charge in [0.05, 0.1) is 0 Å². The number of amides is 1. The molecular weight excluding hydrogens is 307 g/mol. The molecule has 1 aliphatic heterocycles. The van der Waals surface area contributed by atoms with Crippen molar-refractivity contribution < 1.29 is 13.7 Å². The van der Waals surface area contributed by atoms with Crippen molar-refractivity contribution in [3.05, 3.63) is 53.2 Å². The molecule has 5 heteroatoms. The molecule has 3 rings (SSSR count). The number of benzene rings is 1. The van der Waals surface area contributed by atoms with Gasteiger partial charge in [0.1, 0.15) is 11.6 Å². The molecule has 0 aliphatic carbocycles. The van der Waals surface area contributed by atoms with Crippen molar-refractivity contribution in [1.82, 2.24) is 10.1 Å². The number of nitrogens with zero attached hydrogens (tertiary/aromatic N) is 2. The summed E-state index contributed by atoms with van der Waals surface area (Å²) in [6, 6.07) is 8.42. The number of aryl methyl sites for hydroxylation is 2. The summed E-state index contributed by atoms with van der Waals surface area (Å²) in [6.45, 7) is 3.51. The highest BCUT2D eigenvalue weighted by Gasteiger charge is 2.26. The fourth-order valence-electron chi connectivity index (χ4n) is 3.25. The molecule has 1 atom stereocenters. The minimum Gasteiger partial charge on any atom is -0.361 e. The highest BCUT2D eigenvalue weighted by Crippen LogP contribution is 2.23. The summed E-state index contributed by atoms with van der Waals surface area (Å²) >= 11 is 0. The van der Waals surface area contributed by atoms with Gasteiger partial charge in [-0.15, -0.1) is 0 Å². The third kappa shape index (κ3) is 4.02. The number of hydrogen-bond donors (Lipinski definition) is 0. The molecule has 2 aromatic rings. The van der Waals surface area contributed by atoms with E-state index < -0.39 is 0 Å². The van der Waals surface area contributed by atoms with Crippen LogP contribution in [0.3, 0.4) is 0 Å². The van der Waals surface area contributed by atoms with E-state index in [9.17, 15) is 9.18 Å². The molecule has 1 aliphatic rings. The van der Waals surface area contributed by atoms with Crippen LogP contribution in [-0.2, 0) is 12.8 Å². The van der Waals surface area contributed by atoms with Crippen molar-refractivity contribution in [3.8, 4) is 0 Å². The number of carbonyl (C=O) groups is 1. The van der Waals surface area contributed by atoms with Crippen molar-refractivity contribution >= 4 is 5.91 Å². The first-order chi connectivity index (χ1) is 11.7. The van der Waals surface area contributed by atoms with Crippen molar-refractivity contribution in [2.75, 3.05) is 13.1 Å². The van der Waals surface area contributed by atoms with E-state index in [4.69, 9.17) is 4.52 Å². The SMILES string of the molecule is CCc1cc(C(=O)N2CCC[C@H](CCc3ccc(F)cc3)C2)no1. The molecular formula is C19H23FN2O2. The second kappa shape index (κ2) is 7.60. The Bertz CT molecular complexity index is 681. The molecule has 2 heterocycles. The van der Waals surface area contributed by atoms with Gasteiger partial charge in [0.2, 0.25) is 0 Å². The summed E-state index contributed by atoms with van der Waals surface area (Å²) < 4.78 is 18.1. The zero-order valence-corrected chi connectivity index (χ0v) is 14.0. The number of likely N-dealkylation sites (tertiary alicyclic amines) is 1. The molecule has 0 spiro atoms. The van der Waals surface area contributed by atoms with E-state index in [-0.39, 0.29) is 11.7 Å². The number of rotatable bonds is 5. The van der Waals surface area contributed by atoms with E-state index in [1.165, 1.54) is 12.1 Å². The molecule has 0 N–H and O–H groups in total. The fraction of sp³-hybridized carbons (Fsp3) is 0.474. The first-order valence-electron chi connectivity index (χ1n) is 8.65. The minimum atomic E-state index is -0.202. The third-order valence-electron chi connectivity index (χ3n) is 4.69. The second-order valence-corrected chi connectivity index (χ2v) is 6.46. The quantitative estimate of drug-likeness (QED) is 0.836. The number of aromatic nitrogens is 1. The fourth-order valence-corrected chi connectivity index (χ4v) is 3.25. The van der Waals surface area contributed by atoms with Crippen LogP contribution in [0.1, 0.15) is 48.0 Å². The van der Waals surface area contributed by atoms with Crippen LogP contribution in [0.15, 0.2) is 34.9 Å². The van der Waals surface area contributed by atoms with Gasteiger partial charge in [0.15, 0.2) is 5.69 Å². The number of piperidine rings is 1. The Balaban J connectivity index is 1.55. The van der Waals surface area contributed by atoms with Gasteiger partial charge in [0, 0.05) is 25.6 Å². The topological polar surface area (TPSA) is 46.3 Å². The van der Waals surface area contributed by atoms with Gasteiger partial charge in [-0.1, -0.05) is 24.2 Å². The third-order valence-corrected chi connectivity index (χ3v) is 4.69. The van der Waals surface area contributed by atoms with Crippen molar-refractivity contribution in [1.29, 1.82) is 0 Å². The zero-order chi connectivity index (χ0) is 16.9. The summed E-state index contributed by atoms with van der Waals surface area (Å²) in [5.74, 6) is 0.977. The van der Waals surface area contributed by atoms with E-state index >= 15 is 0 Å². The normalized spacial score (nSPS) is 17.9. The lowest BCUT2D eigenvalue weighted by molar-refractivity contribution is 0.0658. The Labute approximate surface area is 141 Å². The summed E-state index contributed by atoms with van der Waals surface area (Å²) in [5.41, 5.74) is 1.55. The van der Waals surface area contributed by atoms with Gasteiger partial charge in [-0.2, -0.15) is 0 Å². The summed E-state index contributed by atoms with van der Waals surface area (Å²) in [5, 5.41) is 3.89. The van der Waals surface area contributed by atoms with Crippen molar-refractivity contribution in [2.45, 2.75) is 39.0 Å². The van der Waals surface area contributed by atoms with Crippen LogP contribution in [0.5, 0.6) is 0 Å². The lowest BCUT2D eigenvalue weighted by Gasteiger charge is -2.32. The Morgan fingerprint density at radius 3 is 2.88 bits per heavy atom. The highest BCUT2D eigenvalue weighted by atomic mass is 19.1. The predicted molar refractivity (Wildman–Crippen MR) is 89.2 cm³/mol. The zero-order valence-electron chi connectivity index (χ0n) is 14.0. The lowest BCUT2D eigenvalue weighted by atomic mass is 9.91. The Kier molecular flexibility index (Phi) is 5.28. The number of carbonyl (C=O) groups excluding carboxylic acids is 1. The maximum atomic E-state index is 13.0. The molecule has 0 saturated carbocycles. The molecule has 0 bridgehead atoms. The lowest BCUT2D eigenvalue weighted by Crippen LogP contribution is -2.40. The highest BCUT2D eigenvalue weighted by molar-refractivity contribution is 5.92. The monoisotopic (exact) mass is 330 g/mol. The van der Waals surface area contributed by atoms with Crippen LogP contribution >= 0.6 is 0 Å². The molecule has 1 amide bonds. The number of hydrogen-bond acceptors (Lipinski definition) is 3. The maximum Gasteiger partial charge on any atom is 0.276 e. The van der Waals surface area contributed by atoms with E-state index in [1.807, 2.05) is 24.0 Å². The van der Waals surface area contributed by atoms with Gasteiger partial charge in [0.25, 0.3) is 5.91 Å². The molecule has 4 nitrogen and oxygen atoms in total. The molecule has 1 aromatic carbocycles. The Morgan fingerprint density at radius 1 is 1.38 bits per heavy atom. The standard InChI is InChI=1S/C19H23FN2O2/c1-2-17-12-18(21-24-17)19(23)22-11-3-4-15(13-22)6-5-14-7-9-16(20)10-8-14/h7-10,12,15H,2-6,11,13H2,1H3/t15-/m1/s1. The molecule has 1 saturated heterocycles. The number of halogens is 1. The largest absolute Gasteiger partial charge is 0.361 e. The second-order valence-electron chi connectivity index (χ2n) is 6.46. The molecule has 1 aromatic heterocycles. The first-order valence-corrected chi connectivity index (χ1v) is 8.65. The van der Waals surface area contributed by atoms with E-state index in [1.54, 1.807) is 6.07 Å². The summed E-state index contributed by atoms with van der Waals surface area (Å²) in [6.07, 6.45) is 4.80. The minimum absolute atomic E-state index is 0.0371. The van der Waals surface area contributed by atoms with Crippen LogP contribution in [-0.4, -0.2) is 29.1 Å². The molecule has 0 unspecified atom stereocenters. The van der Waals surface area contributed by atoms with Crippen LogP contribution in [0.2, 0.25) is 0 Å². The molecule has 0 radical (unpaired) electrons. The first kappa shape index (κ1) is 16.7. The molecule has 128 valence electrons. The average Bonchev–Trinajstić information content (AvgIpc) is 3.10. The smallest absolute Gasteiger partial charge is 0.276 e. The van der Waals surface area contributed by atoms with Gasteiger partial charge < -0.3 is 9.42 Å². The van der Waals surface area contributed by atoms with E-state index in [0.717, 1.165) is 56.5 Å².